The molecule has 160 valence electrons. The van der Waals surface area contributed by atoms with Gasteiger partial charge < -0.3 is 5.01 Å². The van der Waals surface area contributed by atoms with Crippen LogP contribution in [-0.4, -0.2) is 12.1 Å². The van der Waals surface area contributed by atoms with Crippen LogP contribution in [0.1, 0.15) is 94.4 Å². The van der Waals surface area contributed by atoms with Crippen LogP contribution in [0.15, 0.2) is 30.9 Å². The number of hydrogen-bond acceptors (Lipinski definition) is 2. The van der Waals surface area contributed by atoms with Gasteiger partial charge in [-0.25, -0.2) is 5.84 Å². The van der Waals surface area contributed by atoms with Gasteiger partial charge in [-0.2, -0.15) is 0 Å². The molecule has 0 spiro atoms. The van der Waals surface area contributed by atoms with E-state index in [1.54, 1.807) is 16.1 Å². The Bertz CT molecular complexity index is 790. The van der Waals surface area contributed by atoms with E-state index in [4.69, 9.17) is 5.84 Å². The quantitative estimate of drug-likeness (QED) is 0.342. The topological polar surface area (TPSA) is 29.3 Å². The maximum atomic E-state index is 6.05. The molecule has 2 aliphatic carbocycles. The Morgan fingerprint density at radius 2 is 1.93 bits per heavy atom. The molecule has 3 unspecified atom stereocenters. The number of allylic oxidation sites excluding steroid dienone is 1. The molecule has 29 heavy (non-hydrogen) atoms. The molecule has 2 N–H and O–H groups in total. The zero-order chi connectivity index (χ0) is 21.4. The van der Waals surface area contributed by atoms with E-state index < -0.39 is 0 Å². The summed E-state index contributed by atoms with van der Waals surface area (Å²) in [4.78, 5) is 0. The lowest BCUT2D eigenvalue weighted by molar-refractivity contribution is 0.0976. The van der Waals surface area contributed by atoms with E-state index in [9.17, 15) is 0 Å². The van der Waals surface area contributed by atoms with Crippen molar-refractivity contribution in [3.8, 4) is 0 Å². The van der Waals surface area contributed by atoms with Crippen molar-refractivity contribution in [2.45, 2.75) is 90.9 Å². The monoisotopic (exact) mass is 394 g/mol. The second kappa shape index (κ2) is 8.30. The van der Waals surface area contributed by atoms with Gasteiger partial charge in [0, 0.05) is 12.6 Å². The lowest BCUT2D eigenvalue weighted by atomic mass is 9.54. The van der Waals surface area contributed by atoms with Crippen LogP contribution >= 0.6 is 0 Å². The van der Waals surface area contributed by atoms with Crippen molar-refractivity contribution in [1.29, 1.82) is 0 Å². The predicted octanol–water partition coefficient (Wildman–Crippen LogP) is 6.92. The molecule has 1 fully saturated rings. The summed E-state index contributed by atoms with van der Waals surface area (Å²) in [6, 6.07) is 4.62. The summed E-state index contributed by atoms with van der Waals surface area (Å²) in [7, 11) is 1.88. The normalized spacial score (nSPS) is 30.3. The minimum Gasteiger partial charge on any atom is -0.314 e. The van der Waals surface area contributed by atoms with Crippen molar-refractivity contribution < 1.29 is 0 Å². The second-order valence-corrected chi connectivity index (χ2v) is 10.5. The summed E-state index contributed by atoms with van der Waals surface area (Å²) < 4.78 is 0. The van der Waals surface area contributed by atoms with E-state index in [0.29, 0.717) is 5.41 Å². The molecular formula is C27H42N2. The fourth-order valence-corrected chi connectivity index (χ4v) is 6.80. The highest BCUT2D eigenvalue weighted by Crippen LogP contribution is 2.55. The van der Waals surface area contributed by atoms with Gasteiger partial charge in [0.2, 0.25) is 0 Å². The molecule has 2 aliphatic rings. The highest BCUT2D eigenvalue weighted by molar-refractivity contribution is 5.67. The van der Waals surface area contributed by atoms with Gasteiger partial charge in [-0.3, -0.25) is 0 Å². The van der Waals surface area contributed by atoms with Gasteiger partial charge >= 0.3 is 0 Å². The zero-order valence-electron chi connectivity index (χ0n) is 19.5. The van der Waals surface area contributed by atoms with Crippen LogP contribution in [0.25, 0.3) is 5.70 Å². The lowest BCUT2D eigenvalue weighted by Gasteiger charge is -2.51. The SMILES string of the molecule is C=C1CCCCCC(CC)C2(C)Cc3ccc(C(=C)N(C)N)c(C)c3C(C)(C1)C2. The highest BCUT2D eigenvalue weighted by Gasteiger charge is 2.47. The van der Waals surface area contributed by atoms with Gasteiger partial charge in [-0.15, -0.1) is 0 Å². The molecule has 3 rings (SSSR count). The van der Waals surface area contributed by atoms with Crippen molar-refractivity contribution in [2.24, 2.45) is 17.2 Å². The summed E-state index contributed by atoms with van der Waals surface area (Å²) in [5.74, 6) is 6.84. The molecule has 0 amide bonds. The van der Waals surface area contributed by atoms with E-state index in [2.05, 4.69) is 53.0 Å². The summed E-state index contributed by atoms with van der Waals surface area (Å²) >= 11 is 0. The second-order valence-electron chi connectivity index (χ2n) is 10.5. The first-order valence-electron chi connectivity index (χ1n) is 11.6. The van der Waals surface area contributed by atoms with Gasteiger partial charge in [0.15, 0.2) is 0 Å². The average Bonchev–Trinajstić information content (AvgIpc) is 2.64. The number of nitrogens with two attached hydrogens (primary N) is 1. The van der Waals surface area contributed by atoms with Crippen LogP contribution in [0.3, 0.4) is 0 Å². The van der Waals surface area contributed by atoms with Crippen LogP contribution in [-0.2, 0) is 11.8 Å². The average molecular weight is 395 g/mol. The van der Waals surface area contributed by atoms with Crippen LogP contribution < -0.4 is 5.84 Å². The van der Waals surface area contributed by atoms with Crippen molar-refractivity contribution in [2.75, 3.05) is 7.05 Å². The maximum absolute atomic E-state index is 6.05. The number of benzene rings is 1. The first-order chi connectivity index (χ1) is 13.6. The Hall–Kier alpha value is -1.54. The van der Waals surface area contributed by atoms with Crippen molar-refractivity contribution in [3.63, 3.8) is 0 Å². The fraction of sp³-hybridized carbons (Fsp3) is 0.630. The van der Waals surface area contributed by atoms with Crippen LogP contribution in [0.4, 0.5) is 0 Å². The summed E-state index contributed by atoms with van der Waals surface area (Å²) in [6.45, 7) is 18.5. The number of hydrazine groups is 1. The minimum absolute atomic E-state index is 0.130. The number of fused-ring (bicyclic) bond motifs is 4. The van der Waals surface area contributed by atoms with Gasteiger partial charge in [0.1, 0.15) is 0 Å². The standard InChI is InChI=1S/C27H42N2/c1-8-23-13-11-9-10-12-19(2)16-27(6)18-26(23,5)17-22-14-15-24(20(3)25(22)27)21(4)29(7)28/h14-15,23H,2,4,8-13,16-18,28H2,1,3,5-7H3. The molecule has 0 heterocycles. The first kappa shape index (κ1) is 22.2. The van der Waals surface area contributed by atoms with Gasteiger partial charge in [-0.1, -0.05) is 70.9 Å². The third-order valence-electron chi connectivity index (χ3n) is 7.98. The molecule has 1 aromatic rings. The molecule has 2 nitrogen and oxygen atoms in total. The van der Waals surface area contributed by atoms with E-state index in [-0.39, 0.29) is 5.41 Å². The summed E-state index contributed by atoms with van der Waals surface area (Å²) in [5, 5.41) is 1.65. The van der Waals surface area contributed by atoms with E-state index in [1.165, 1.54) is 68.1 Å². The first-order valence-corrected chi connectivity index (χ1v) is 11.6. The van der Waals surface area contributed by atoms with E-state index in [0.717, 1.165) is 18.0 Å². The molecule has 1 aromatic carbocycles. The number of rotatable bonds is 3. The molecule has 0 aliphatic heterocycles. The molecule has 0 saturated heterocycles. The van der Waals surface area contributed by atoms with E-state index in [1.807, 2.05) is 7.05 Å². The largest absolute Gasteiger partial charge is 0.314 e. The summed E-state index contributed by atoms with van der Waals surface area (Å²) in [6.07, 6.45) is 11.4. The molecule has 2 heteroatoms. The molecule has 0 radical (unpaired) electrons. The number of nitrogens with zero attached hydrogens (tertiary/aromatic N) is 1. The molecule has 2 bridgehead atoms. The number of hydrogen-bond donors (Lipinski definition) is 1. The van der Waals surface area contributed by atoms with E-state index >= 15 is 0 Å². The van der Waals surface area contributed by atoms with Crippen molar-refractivity contribution >= 4 is 5.70 Å². The Balaban J connectivity index is 2.17. The third-order valence-corrected chi connectivity index (χ3v) is 7.98. The molecule has 0 aromatic heterocycles. The van der Waals surface area contributed by atoms with Crippen molar-refractivity contribution in [3.05, 3.63) is 53.1 Å². The highest BCUT2D eigenvalue weighted by atomic mass is 15.4. The minimum atomic E-state index is 0.130. The Labute approximate surface area is 179 Å². The summed E-state index contributed by atoms with van der Waals surface area (Å²) in [5.41, 5.74) is 8.45. The molecular weight excluding hydrogens is 352 g/mol. The van der Waals surface area contributed by atoms with Gasteiger partial charge in [0.25, 0.3) is 0 Å². The Kier molecular flexibility index (Phi) is 6.34. The third kappa shape index (κ3) is 4.19. The maximum Gasteiger partial charge on any atom is 0.0517 e. The molecule has 1 saturated carbocycles. The van der Waals surface area contributed by atoms with Gasteiger partial charge in [0.05, 0.1) is 5.70 Å². The Morgan fingerprint density at radius 1 is 1.21 bits per heavy atom. The fourth-order valence-electron chi connectivity index (χ4n) is 6.80. The Morgan fingerprint density at radius 3 is 2.59 bits per heavy atom. The smallest absolute Gasteiger partial charge is 0.0517 e. The lowest BCUT2D eigenvalue weighted by Crippen LogP contribution is -2.43. The zero-order valence-corrected chi connectivity index (χ0v) is 19.5. The van der Waals surface area contributed by atoms with Crippen LogP contribution in [0.5, 0.6) is 0 Å². The van der Waals surface area contributed by atoms with Crippen LogP contribution in [0.2, 0.25) is 0 Å². The van der Waals surface area contributed by atoms with Crippen molar-refractivity contribution in [1.82, 2.24) is 5.01 Å². The molecule has 3 atom stereocenters. The van der Waals surface area contributed by atoms with Gasteiger partial charge in [-0.05, 0) is 78.9 Å². The van der Waals surface area contributed by atoms with Crippen LogP contribution in [0, 0.1) is 18.3 Å². The predicted molar refractivity (Wildman–Crippen MR) is 127 cm³/mol.